The van der Waals surface area contributed by atoms with Gasteiger partial charge in [-0.25, -0.2) is 15.0 Å². The molecule has 0 spiro atoms. The van der Waals surface area contributed by atoms with E-state index >= 15 is 0 Å². The van der Waals surface area contributed by atoms with Crippen LogP contribution in [-0.4, -0.2) is 25.1 Å². The molecule has 3 heterocycles. The quantitative estimate of drug-likeness (QED) is 0.457. The van der Waals surface area contributed by atoms with Crippen LogP contribution in [0, 0.1) is 6.92 Å². The van der Waals surface area contributed by atoms with Gasteiger partial charge in [-0.3, -0.25) is 9.20 Å². The fourth-order valence-electron chi connectivity index (χ4n) is 3.23. The first-order valence-electron chi connectivity index (χ1n) is 8.36. The van der Waals surface area contributed by atoms with E-state index in [-0.39, 0.29) is 5.78 Å². The number of fused-ring (bicyclic) bond motifs is 4. The van der Waals surface area contributed by atoms with E-state index in [4.69, 9.17) is 4.98 Å². The van der Waals surface area contributed by atoms with Crippen LogP contribution < -0.4 is 0 Å². The summed E-state index contributed by atoms with van der Waals surface area (Å²) in [7, 11) is 0. The standard InChI is InChI=1S/C21H14N4O/c1-13-6-5-9-18-24-20-21(25(13)18)23-17-12-15(10-11-16(17)22-20)19(26)14-7-3-2-4-8-14/h2-12H,1H3. The van der Waals surface area contributed by atoms with Crippen molar-refractivity contribution in [3.05, 3.63) is 83.6 Å². The zero-order valence-corrected chi connectivity index (χ0v) is 14.0. The molecule has 0 bridgehead atoms. The second-order valence-corrected chi connectivity index (χ2v) is 6.24. The summed E-state index contributed by atoms with van der Waals surface area (Å²) < 4.78 is 1.98. The minimum Gasteiger partial charge on any atom is -0.289 e. The van der Waals surface area contributed by atoms with Gasteiger partial charge < -0.3 is 0 Å². The van der Waals surface area contributed by atoms with E-state index in [1.54, 1.807) is 12.1 Å². The Morgan fingerprint density at radius 2 is 1.65 bits per heavy atom. The molecule has 26 heavy (non-hydrogen) atoms. The van der Waals surface area contributed by atoms with Crippen molar-refractivity contribution in [3.8, 4) is 0 Å². The summed E-state index contributed by atoms with van der Waals surface area (Å²) in [5.74, 6) is -0.0243. The molecule has 0 saturated carbocycles. The van der Waals surface area contributed by atoms with Crippen LogP contribution in [0.4, 0.5) is 0 Å². The average Bonchev–Trinajstić information content (AvgIpc) is 3.04. The van der Waals surface area contributed by atoms with Crippen LogP contribution in [-0.2, 0) is 0 Å². The molecule has 0 unspecified atom stereocenters. The van der Waals surface area contributed by atoms with E-state index in [0.717, 1.165) is 16.9 Å². The van der Waals surface area contributed by atoms with Gasteiger partial charge in [-0.2, -0.15) is 0 Å². The van der Waals surface area contributed by atoms with Crippen LogP contribution >= 0.6 is 0 Å². The number of imidazole rings is 1. The molecule has 2 aromatic carbocycles. The fraction of sp³-hybridized carbons (Fsp3) is 0.0476. The Morgan fingerprint density at radius 3 is 2.50 bits per heavy atom. The van der Waals surface area contributed by atoms with Gasteiger partial charge in [0, 0.05) is 16.8 Å². The maximum absolute atomic E-state index is 12.7. The van der Waals surface area contributed by atoms with E-state index in [9.17, 15) is 4.79 Å². The third kappa shape index (κ3) is 2.18. The number of aryl methyl sites for hydroxylation is 1. The molecule has 0 aliphatic heterocycles. The SMILES string of the molecule is Cc1cccc2nc3nc4ccc(C(=O)c5ccccc5)cc4nc3n12. The lowest BCUT2D eigenvalue weighted by Gasteiger charge is -2.04. The van der Waals surface area contributed by atoms with Crippen molar-refractivity contribution in [2.75, 3.05) is 0 Å². The van der Waals surface area contributed by atoms with Gasteiger partial charge in [0.05, 0.1) is 11.0 Å². The third-order valence-electron chi connectivity index (χ3n) is 4.52. The van der Waals surface area contributed by atoms with Crippen molar-refractivity contribution in [1.29, 1.82) is 0 Å². The van der Waals surface area contributed by atoms with Gasteiger partial charge in [0.1, 0.15) is 5.65 Å². The molecule has 0 aliphatic carbocycles. The van der Waals surface area contributed by atoms with E-state index in [1.807, 2.05) is 65.9 Å². The lowest BCUT2D eigenvalue weighted by atomic mass is 10.0. The summed E-state index contributed by atoms with van der Waals surface area (Å²) in [4.78, 5) is 26.6. The number of carbonyl (C=O) groups excluding carboxylic acids is 1. The van der Waals surface area contributed by atoms with Crippen LogP contribution in [0.25, 0.3) is 28.0 Å². The van der Waals surface area contributed by atoms with Crippen molar-refractivity contribution >= 4 is 33.8 Å². The molecule has 124 valence electrons. The number of pyridine rings is 1. The Morgan fingerprint density at radius 1 is 0.808 bits per heavy atom. The summed E-state index contributed by atoms with van der Waals surface area (Å²) in [6.45, 7) is 2.01. The van der Waals surface area contributed by atoms with Crippen molar-refractivity contribution in [3.63, 3.8) is 0 Å². The number of benzene rings is 2. The smallest absolute Gasteiger partial charge is 0.198 e. The van der Waals surface area contributed by atoms with Crippen LogP contribution in [0.5, 0.6) is 0 Å². The maximum atomic E-state index is 12.7. The predicted octanol–water partition coefficient (Wildman–Crippen LogP) is 3.97. The first kappa shape index (κ1) is 14.7. The minimum absolute atomic E-state index is 0.0243. The van der Waals surface area contributed by atoms with Crippen LogP contribution in [0.2, 0.25) is 0 Å². The Hall–Kier alpha value is -3.60. The minimum atomic E-state index is -0.0243. The zero-order chi connectivity index (χ0) is 17.7. The van der Waals surface area contributed by atoms with E-state index < -0.39 is 0 Å². The molecule has 5 nitrogen and oxygen atoms in total. The Bertz CT molecular complexity index is 1310. The number of carbonyl (C=O) groups is 1. The van der Waals surface area contributed by atoms with Gasteiger partial charge in [-0.05, 0) is 37.3 Å². The molecular formula is C21H14N4O. The number of aromatic nitrogens is 4. The van der Waals surface area contributed by atoms with Gasteiger partial charge in [-0.15, -0.1) is 0 Å². The van der Waals surface area contributed by atoms with Gasteiger partial charge in [0.15, 0.2) is 17.1 Å². The predicted molar refractivity (Wildman–Crippen MR) is 100 cm³/mol. The van der Waals surface area contributed by atoms with Crippen molar-refractivity contribution in [1.82, 2.24) is 19.4 Å². The van der Waals surface area contributed by atoms with E-state index in [2.05, 4.69) is 9.97 Å². The number of hydrogen-bond acceptors (Lipinski definition) is 4. The topological polar surface area (TPSA) is 60.2 Å². The largest absolute Gasteiger partial charge is 0.289 e. The second kappa shape index (κ2) is 5.46. The van der Waals surface area contributed by atoms with E-state index in [1.165, 1.54) is 0 Å². The third-order valence-corrected chi connectivity index (χ3v) is 4.52. The number of rotatable bonds is 2. The van der Waals surface area contributed by atoms with Crippen molar-refractivity contribution < 1.29 is 4.79 Å². The number of ketones is 1. The van der Waals surface area contributed by atoms with Crippen LogP contribution in [0.3, 0.4) is 0 Å². The molecule has 0 amide bonds. The molecule has 0 aliphatic rings. The van der Waals surface area contributed by atoms with Gasteiger partial charge in [0.25, 0.3) is 0 Å². The zero-order valence-electron chi connectivity index (χ0n) is 14.0. The lowest BCUT2D eigenvalue weighted by molar-refractivity contribution is 0.103. The van der Waals surface area contributed by atoms with Crippen LogP contribution in [0.15, 0.2) is 66.7 Å². The summed E-state index contributed by atoms with van der Waals surface area (Å²) in [6.07, 6.45) is 0. The normalized spacial score (nSPS) is 11.4. The second-order valence-electron chi connectivity index (χ2n) is 6.24. The Kier molecular flexibility index (Phi) is 3.09. The summed E-state index contributed by atoms with van der Waals surface area (Å²) in [5.41, 5.74) is 5.83. The molecule has 5 rings (SSSR count). The molecular weight excluding hydrogens is 324 g/mol. The molecule has 5 aromatic rings. The summed E-state index contributed by atoms with van der Waals surface area (Å²) in [5, 5.41) is 0. The van der Waals surface area contributed by atoms with Crippen LogP contribution in [0.1, 0.15) is 21.6 Å². The lowest BCUT2D eigenvalue weighted by Crippen LogP contribution is -2.01. The first-order valence-corrected chi connectivity index (χ1v) is 8.36. The van der Waals surface area contributed by atoms with Gasteiger partial charge in [-0.1, -0.05) is 36.4 Å². The summed E-state index contributed by atoms with van der Waals surface area (Å²) in [6, 6.07) is 20.6. The highest BCUT2D eigenvalue weighted by atomic mass is 16.1. The average molecular weight is 338 g/mol. The Balaban J connectivity index is 1.74. The molecule has 3 aromatic heterocycles. The highest BCUT2D eigenvalue weighted by molar-refractivity contribution is 6.10. The molecule has 5 heteroatoms. The molecule has 0 atom stereocenters. The first-order chi connectivity index (χ1) is 12.7. The maximum Gasteiger partial charge on any atom is 0.198 e. The van der Waals surface area contributed by atoms with E-state index in [0.29, 0.717) is 27.9 Å². The van der Waals surface area contributed by atoms with Crippen molar-refractivity contribution in [2.24, 2.45) is 0 Å². The molecule has 0 N–H and O–H groups in total. The summed E-state index contributed by atoms with van der Waals surface area (Å²) >= 11 is 0. The van der Waals surface area contributed by atoms with Gasteiger partial charge in [0.2, 0.25) is 0 Å². The molecule has 0 saturated heterocycles. The highest BCUT2D eigenvalue weighted by Crippen LogP contribution is 2.21. The van der Waals surface area contributed by atoms with Gasteiger partial charge >= 0.3 is 0 Å². The molecule has 0 fully saturated rings. The highest BCUT2D eigenvalue weighted by Gasteiger charge is 2.13. The fourth-order valence-corrected chi connectivity index (χ4v) is 3.23. The molecule has 0 radical (unpaired) electrons. The Labute approximate surface area is 149 Å². The van der Waals surface area contributed by atoms with Crippen molar-refractivity contribution in [2.45, 2.75) is 6.92 Å². The number of nitrogens with zero attached hydrogens (tertiary/aromatic N) is 4. The number of hydrogen-bond donors (Lipinski definition) is 0. The monoisotopic (exact) mass is 338 g/mol.